The number of halogens is 1. The van der Waals surface area contributed by atoms with Crippen LogP contribution in [0.3, 0.4) is 0 Å². The molecule has 24 heavy (non-hydrogen) atoms. The molecule has 0 saturated heterocycles. The molecule has 1 atom stereocenters. The zero-order valence-corrected chi connectivity index (χ0v) is 15.1. The molecular weight excluding hydrogens is 344 g/mol. The highest BCUT2D eigenvalue weighted by Crippen LogP contribution is 2.36. The Morgan fingerprint density at radius 3 is 2.62 bits per heavy atom. The Morgan fingerprint density at radius 1 is 1.25 bits per heavy atom. The van der Waals surface area contributed by atoms with Gasteiger partial charge in [0.15, 0.2) is 0 Å². The molecule has 7 heteroatoms. The van der Waals surface area contributed by atoms with Crippen molar-refractivity contribution in [2.45, 2.75) is 13.0 Å². The minimum atomic E-state index is -0.362. The molecule has 0 spiro atoms. The van der Waals surface area contributed by atoms with E-state index in [1.54, 1.807) is 30.3 Å². The lowest BCUT2D eigenvalue weighted by Crippen LogP contribution is -2.36. The molecule has 1 N–H and O–H groups in total. The molecule has 0 unspecified atom stereocenters. The fourth-order valence-electron chi connectivity index (χ4n) is 2.37. The van der Waals surface area contributed by atoms with E-state index in [2.05, 4.69) is 15.3 Å². The molecule has 3 aromatic rings. The van der Waals surface area contributed by atoms with Gasteiger partial charge in [-0.15, -0.1) is 11.3 Å². The molecular formula is C17H17ClN4OS. The summed E-state index contributed by atoms with van der Waals surface area (Å²) >= 11 is 7.54. The number of hydrogen-bond donors (Lipinski definition) is 1. The van der Waals surface area contributed by atoms with E-state index in [9.17, 15) is 4.79 Å². The predicted molar refractivity (Wildman–Crippen MR) is 99.6 cm³/mol. The monoisotopic (exact) mass is 360 g/mol. The second-order valence-electron chi connectivity index (χ2n) is 5.65. The van der Waals surface area contributed by atoms with Crippen molar-refractivity contribution in [3.8, 4) is 10.4 Å². The molecule has 0 aliphatic heterocycles. The number of carbonyl (C=O) groups excluding carboxylic acids is 1. The van der Waals surface area contributed by atoms with Crippen molar-refractivity contribution in [2.75, 3.05) is 19.4 Å². The lowest BCUT2D eigenvalue weighted by atomic mass is 10.2. The van der Waals surface area contributed by atoms with Gasteiger partial charge in [0.2, 0.25) is 5.91 Å². The molecule has 3 rings (SSSR count). The highest BCUT2D eigenvalue weighted by Gasteiger charge is 2.17. The van der Waals surface area contributed by atoms with Gasteiger partial charge in [0, 0.05) is 24.0 Å². The molecule has 2 aromatic heterocycles. The molecule has 0 aliphatic rings. The van der Waals surface area contributed by atoms with E-state index in [4.69, 9.17) is 11.6 Å². The van der Waals surface area contributed by atoms with Crippen molar-refractivity contribution in [1.82, 2.24) is 14.9 Å². The van der Waals surface area contributed by atoms with Gasteiger partial charge in [0.1, 0.15) is 18.2 Å². The molecule has 0 aliphatic carbocycles. The zero-order chi connectivity index (χ0) is 17.3. The van der Waals surface area contributed by atoms with E-state index in [-0.39, 0.29) is 11.9 Å². The number of aromatic nitrogens is 2. The van der Waals surface area contributed by atoms with Gasteiger partial charge < -0.3 is 10.2 Å². The van der Waals surface area contributed by atoms with Crippen LogP contribution in [0.15, 0.2) is 36.7 Å². The standard InChI is InChI=1S/C17H17ClN4OS/c1-10(17(23)22(2)3)21-16-15-13(19-9-20-16)8-14(24-15)11-4-6-12(18)7-5-11/h4-10H,1-3H3,(H,19,20,21)/t10-/m0/s1. The van der Waals surface area contributed by atoms with Gasteiger partial charge in [-0.2, -0.15) is 0 Å². The van der Waals surface area contributed by atoms with E-state index in [1.165, 1.54) is 6.33 Å². The van der Waals surface area contributed by atoms with Gasteiger partial charge in [-0.05, 0) is 30.7 Å². The van der Waals surface area contributed by atoms with Gasteiger partial charge in [0.05, 0.1) is 10.2 Å². The topological polar surface area (TPSA) is 58.1 Å². The normalized spacial score (nSPS) is 12.2. The number of amides is 1. The summed E-state index contributed by atoms with van der Waals surface area (Å²) in [6.45, 7) is 1.82. The summed E-state index contributed by atoms with van der Waals surface area (Å²) in [5.74, 6) is 0.671. The quantitative estimate of drug-likeness (QED) is 0.766. The number of hydrogen-bond acceptors (Lipinski definition) is 5. The van der Waals surface area contributed by atoms with E-state index in [0.717, 1.165) is 20.7 Å². The van der Waals surface area contributed by atoms with Crippen LogP contribution in [0.5, 0.6) is 0 Å². The first kappa shape index (κ1) is 16.7. The maximum absolute atomic E-state index is 12.1. The van der Waals surface area contributed by atoms with Crippen LogP contribution in [-0.4, -0.2) is 40.9 Å². The number of thiophene rings is 1. The van der Waals surface area contributed by atoms with Crippen LogP contribution in [0.2, 0.25) is 5.02 Å². The number of anilines is 1. The smallest absolute Gasteiger partial charge is 0.244 e. The maximum Gasteiger partial charge on any atom is 0.244 e. The molecule has 0 bridgehead atoms. The van der Waals surface area contributed by atoms with Crippen LogP contribution in [0.4, 0.5) is 5.82 Å². The van der Waals surface area contributed by atoms with Crippen LogP contribution in [0.25, 0.3) is 20.7 Å². The van der Waals surface area contributed by atoms with Crippen LogP contribution < -0.4 is 5.32 Å². The van der Waals surface area contributed by atoms with Crippen molar-refractivity contribution in [3.05, 3.63) is 41.7 Å². The lowest BCUT2D eigenvalue weighted by molar-refractivity contribution is -0.129. The summed E-state index contributed by atoms with van der Waals surface area (Å²) in [5, 5.41) is 3.89. The fourth-order valence-corrected chi connectivity index (χ4v) is 3.56. The number of carbonyl (C=O) groups is 1. The van der Waals surface area contributed by atoms with E-state index in [0.29, 0.717) is 10.8 Å². The third-order valence-electron chi connectivity index (χ3n) is 3.60. The average Bonchev–Trinajstić information content (AvgIpc) is 2.99. The minimum Gasteiger partial charge on any atom is -0.357 e. The van der Waals surface area contributed by atoms with Gasteiger partial charge >= 0.3 is 0 Å². The maximum atomic E-state index is 12.1. The van der Waals surface area contributed by atoms with E-state index >= 15 is 0 Å². The summed E-state index contributed by atoms with van der Waals surface area (Å²) in [5.41, 5.74) is 1.93. The number of fused-ring (bicyclic) bond motifs is 1. The lowest BCUT2D eigenvalue weighted by Gasteiger charge is -2.18. The van der Waals surface area contributed by atoms with Gasteiger partial charge in [-0.1, -0.05) is 23.7 Å². The van der Waals surface area contributed by atoms with Crippen molar-refractivity contribution in [3.63, 3.8) is 0 Å². The Labute approximate surface area is 149 Å². The van der Waals surface area contributed by atoms with E-state index < -0.39 is 0 Å². The second-order valence-corrected chi connectivity index (χ2v) is 7.14. The third kappa shape index (κ3) is 3.34. The predicted octanol–water partition coefficient (Wildman–Crippen LogP) is 3.90. The largest absolute Gasteiger partial charge is 0.357 e. The van der Waals surface area contributed by atoms with Crippen molar-refractivity contribution in [1.29, 1.82) is 0 Å². The fraction of sp³-hybridized carbons (Fsp3) is 0.235. The first-order valence-corrected chi connectivity index (χ1v) is 8.63. The highest BCUT2D eigenvalue weighted by atomic mass is 35.5. The Balaban J connectivity index is 1.95. The van der Waals surface area contributed by atoms with Gasteiger partial charge in [0.25, 0.3) is 0 Å². The first-order chi connectivity index (χ1) is 11.5. The second kappa shape index (κ2) is 6.75. The van der Waals surface area contributed by atoms with Crippen molar-refractivity contribution >= 4 is 44.9 Å². The summed E-state index contributed by atoms with van der Waals surface area (Å²) in [6.07, 6.45) is 1.51. The van der Waals surface area contributed by atoms with Gasteiger partial charge in [-0.25, -0.2) is 9.97 Å². The summed E-state index contributed by atoms with van der Waals surface area (Å²) in [4.78, 5) is 23.3. The molecule has 124 valence electrons. The number of benzene rings is 1. The van der Waals surface area contributed by atoms with Crippen molar-refractivity contribution in [2.24, 2.45) is 0 Å². The highest BCUT2D eigenvalue weighted by molar-refractivity contribution is 7.22. The third-order valence-corrected chi connectivity index (χ3v) is 5.04. The van der Waals surface area contributed by atoms with Crippen LogP contribution >= 0.6 is 22.9 Å². The van der Waals surface area contributed by atoms with Crippen LogP contribution in [-0.2, 0) is 4.79 Å². The molecule has 1 amide bonds. The molecule has 1 aromatic carbocycles. The Hall–Kier alpha value is -2.18. The van der Waals surface area contributed by atoms with Gasteiger partial charge in [-0.3, -0.25) is 4.79 Å². The SMILES string of the molecule is C[C@H](Nc1ncnc2cc(-c3ccc(Cl)cc3)sc12)C(=O)N(C)C. The number of rotatable bonds is 4. The average molecular weight is 361 g/mol. The van der Waals surface area contributed by atoms with Crippen LogP contribution in [0, 0.1) is 0 Å². The van der Waals surface area contributed by atoms with E-state index in [1.807, 2.05) is 37.3 Å². The molecule has 0 radical (unpaired) electrons. The first-order valence-electron chi connectivity index (χ1n) is 7.44. The Kier molecular flexibility index (Phi) is 4.69. The molecule has 0 saturated carbocycles. The molecule has 5 nitrogen and oxygen atoms in total. The summed E-state index contributed by atoms with van der Waals surface area (Å²) < 4.78 is 0.931. The Morgan fingerprint density at radius 2 is 1.96 bits per heavy atom. The Bertz CT molecular complexity index is 876. The number of nitrogens with zero attached hydrogens (tertiary/aromatic N) is 3. The summed E-state index contributed by atoms with van der Waals surface area (Å²) in [7, 11) is 3.47. The zero-order valence-electron chi connectivity index (χ0n) is 13.6. The minimum absolute atomic E-state index is 0.00348. The number of nitrogens with one attached hydrogen (secondary N) is 1. The molecule has 0 fully saturated rings. The molecule has 2 heterocycles. The van der Waals surface area contributed by atoms with Crippen molar-refractivity contribution < 1.29 is 4.79 Å². The van der Waals surface area contributed by atoms with Crippen LogP contribution in [0.1, 0.15) is 6.92 Å². The number of likely N-dealkylation sites (N-methyl/N-ethyl adjacent to an activating group) is 1. The summed E-state index contributed by atoms with van der Waals surface area (Å²) in [6, 6.07) is 9.35.